The Morgan fingerprint density at radius 1 is 1.33 bits per heavy atom. The molecule has 0 amide bonds. The molecule has 1 heterocycles. The molecule has 0 aliphatic rings. The molecule has 90 valence electrons. The quantitative estimate of drug-likeness (QED) is 0.841. The molecule has 5 heteroatoms. The first-order valence-electron chi connectivity index (χ1n) is 5.27. The zero-order valence-electron chi connectivity index (χ0n) is 9.76. The Morgan fingerprint density at radius 2 is 2.06 bits per heavy atom. The Kier molecular flexibility index (Phi) is 3.35. The van der Waals surface area contributed by atoms with Gasteiger partial charge in [0.1, 0.15) is 17.0 Å². The number of halogens is 1. The van der Waals surface area contributed by atoms with Gasteiger partial charge in [-0.1, -0.05) is 23.7 Å². The van der Waals surface area contributed by atoms with Gasteiger partial charge in [-0.05, 0) is 18.2 Å². The van der Waals surface area contributed by atoms with Crippen LogP contribution in [0.1, 0.15) is 5.56 Å². The fourth-order valence-corrected chi connectivity index (χ4v) is 1.87. The van der Waals surface area contributed by atoms with E-state index in [1.807, 2.05) is 25.2 Å². The maximum absolute atomic E-state index is 9.08. The van der Waals surface area contributed by atoms with E-state index in [4.69, 9.17) is 22.6 Å². The van der Waals surface area contributed by atoms with Crippen LogP contribution in [0.3, 0.4) is 0 Å². The highest BCUT2D eigenvalue weighted by Crippen LogP contribution is 2.27. The van der Waals surface area contributed by atoms with Crippen molar-refractivity contribution in [2.24, 2.45) is 0 Å². The largest absolute Gasteiger partial charge is 0.399 e. The van der Waals surface area contributed by atoms with Crippen LogP contribution in [0, 0.1) is 11.3 Å². The van der Waals surface area contributed by atoms with E-state index in [2.05, 4.69) is 11.1 Å². The van der Waals surface area contributed by atoms with Crippen LogP contribution in [-0.4, -0.2) is 12.0 Å². The minimum Gasteiger partial charge on any atom is -0.399 e. The molecule has 1 aromatic heterocycles. The summed E-state index contributed by atoms with van der Waals surface area (Å²) < 4.78 is 0. The minimum absolute atomic E-state index is 0.325. The normalized spacial score (nSPS) is 9.83. The van der Waals surface area contributed by atoms with E-state index in [-0.39, 0.29) is 0 Å². The van der Waals surface area contributed by atoms with Gasteiger partial charge in [0.05, 0.1) is 11.3 Å². The van der Waals surface area contributed by atoms with Gasteiger partial charge >= 0.3 is 0 Å². The number of para-hydroxylation sites is 1. The van der Waals surface area contributed by atoms with Gasteiger partial charge in [-0.3, -0.25) is 0 Å². The summed E-state index contributed by atoms with van der Waals surface area (Å²) in [6, 6.07) is 12.7. The van der Waals surface area contributed by atoms with Crippen molar-refractivity contribution in [2.75, 3.05) is 17.7 Å². The standard InChI is InChI=1S/C13H11ClN4/c1-18(11-5-3-2-4-9(11)8-15)13-7-10(16)6-12(14)17-13/h2-7H,1H3,(H2,16,17). The number of nitrogens with two attached hydrogens (primary N) is 1. The second-order valence-electron chi connectivity index (χ2n) is 3.77. The number of hydrogen-bond acceptors (Lipinski definition) is 4. The van der Waals surface area contributed by atoms with Crippen LogP contribution in [0.25, 0.3) is 0 Å². The minimum atomic E-state index is 0.325. The van der Waals surface area contributed by atoms with Crippen LogP contribution in [0.15, 0.2) is 36.4 Å². The van der Waals surface area contributed by atoms with Crippen LogP contribution < -0.4 is 10.6 Å². The van der Waals surface area contributed by atoms with Crippen molar-refractivity contribution in [1.29, 1.82) is 5.26 Å². The van der Waals surface area contributed by atoms with Crippen LogP contribution in [0.2, 0.25) is 5.15 Å². The number of hydrogen-bond donors (Lipinski definition) is 1. The Morgan fingerprint density at radius 3 is 2.72 bits per heavy atom. The second-order valence-corrected chi connectivity index (χ2v) is 4.16. The van der Waals surface area contributed by atoms with E-state index in [1.165, 1.54) is 0 Å². The van der Waals surface area contributed by atoms with Gasteiger partial charge in [-0.25, -0.2) is 4.98 Å². The van der Waals surface area contributed by atoms with Gasteiger partial charge in [-0.15, -0.1) is 0 Å². The van der Waals surface area contributed by atoms with Gasteiger partial charge in [-0.2, -0.15) is 5.26 Å². The second kappa shape index (κ2) is 4.94. The van der Waals surface area contributed by atoms with Crippen molar-refractivity contribution in [2.45, 2.75) is 0 Å². The molecule has 4 nitrogen and oxygen atoms in total. The van der Waals surface area contributed by atoms with Crippen molar-refractivity contribution in [1.82, 2.24) is 4.98 Å². The van der Waals surface area contributed by atoms with E-state index < -0.39 is 0 Å². The number of rotatable bonds is 2. The molecule has 0 radical (unpaired) electrons. The molecule has 0 spiro atoms. The summed E-state index contributed by atoms with van der Waals surface area (Å²) in [6.07, 6.45) is 0. The van der Waals surface area contributed by atoms with Crippen molar-refractivity contribution >= 4 is 28.8 Å². The molecule has 0 bridgehead atoms. The number of aromatic nitrogens is 1. The summed E-state index contributed by atoms with van der Waals surface area (Å²) in [4.78, 5) is 5.97. The first kappa shape index (κ1) is 12.2. The average molecular weight is 259 g/mol. The lowest BCUT2D eigenvalue weighted by molar-refractivity contribution is 1.12. The molecule has 2 N–H and O–H groups in total. The molecular weight excluding hydrogens is 248 g/mol. The zero-order chi connectivity index (χ0) is 13.1. The molecule has 0 atom stereocenters. The highest BCUT2D eigenvalue weighted by molar-refractivity contribution is 6.29. The van der Waals surface area contributed by atoms with Crippen LogP contribution in [0.4, 0.5) is 17.2 Å². The van der Waals surface area contributed by atoms with Crippen molar-refractivity contribution in [3.63, 3.8) is 0 Å². The van der Waals surface area contributed by atoms with Crippen LogP contribution in [-0.2, 0) is 0 Å². The smallest absolute Gasteiger partial charge is 0.136 e. The molecule has 0 unspecified atom stereocenters. The summed E-state index contributed by atoms with van der Waals surface area (Å²) >= 11 is 5.87. The topological polar surface area (TPSA) is 65.9 Å². The van der Waals surface area contributed by atoms with Gasteiger partial charge in [0.25, 0.3) is 0 Å². The van der Waals surface area contributed by atoms with Gasteiger partial charge in [0.2, 0.25) is 0 Å². The Labute approximate surface area is 110 Å². The maximum Gasteiger partial charge on any atom is 0.136 e. The van der Waals surface area contributed by atoms with Crippen molar-refractivity contribution in [3.8, 4) is 6.07 Å². The predicted octanol–water partition coefficient (Wildman–Crippen LogP) is 2.96. The predicted molar refractivity (Wildman–Crippen MR) is 72.9 cm³/mol. The summed E-state index contributed by atoms with van der Waals surface area (Å²) in [7, 11) is 1.81. The molecule has 0 fully saturated rings. The highest BCUT2D eigenvalue weighted by atomic mass is 35.5. The first-order chi connectivity index (χ1) is 8.61. The molecule has 0 saturated heterocycles. The Balaban J connectivity index is 2.48. The number of nitrogen functional groups attached to an aromatic ring is 1. The molecule has 2 rings (SSSR count). The van der Waals surface area contributed by atoms with Gasteiger partial charge < -0.3 is 10.6 Å². The number of nitrogens with zero attached hydrogens (tertiary/aromatic N) is 3. The Hall–Kier alpha value is -2.25. The maximum atomic E-state index is 9.08. The molecule has 0 aliphatic carbocycles. The number of benzene rings is 1. The fraction of sp³-hybridized carbons (Fsp3) is 0.0769. The molecule has 0 aliphatic heterocycles. The fourth-order valence-electron chi connectivity index (χ4n) is 1.66. The third-order valence-corrected chi connectivity index (χ3v) is 2.73. The zero-order valence-corrected chi connectivity index (χ0v) is 10.5. The lowest BCUT2D eigenvalue weighted by Crippen LogP contribution is -2.13. The van der Waals surface area contributed by atoms with E-state index in [9.17, 15) is 0 Å². The molecular formula is C13H11ClN4. The summed E-state index contributed by atoms with van der Waals surface area (Å²) in [5, 5.41) is 9.40. The average Bonchev–Trinajstić information content (AvgIpc) is 2.36. The number of pyridine rings is 1. The van der Waals surface area contributed by atoms with Crippen molar-refractivity contribution < 1.29 is 0 Å². The van der Waals surface area contributed by atoms with E-state index in [0.717, 1.165) is 5.69 Å². The lowest BCUT2D eigenvalue weighted by atomic mass is 10.2. The third-order valence-electron chi connectivity index (χ3n) is 2.53. The monoisotopic (exact) mass is 258 g/mol. The van der Waals surface area contributed by atoms with E-state index >= 15 is 0 Å². The van der Waals surface area contributed by atoms with Crippen molar-refractivity contribution in [3.05, 3.63) is 47.1 Å². The Bertz CT molecular complexity index is 598. The van der Waals surface area contributed by atoms with Gasteiger partial charge in [0.15, 0.2) is 0 Å². The summed E-state index contributed by atoms with van der Waals surface area (Å²) in [6.45, 7) is 0. The summed E-state index contributed by atoms with van der Waals surface area (Å²) in [5.41, 5.74) is 7.59. The summed E-state index contributed by atoms with van der Waals surface area (Å²) in [5.74, 6) is 0.600. The number of anilines is 3. The van der Waals surface area contributed by atoms with E-state index in [0.29, 0.717) is 22.2 Å². The highest BCUT2D eigenvalue weighted by Gasteiger charge is 2.10. The van der Waals surface area contributed by atoms with Crippen LogP contribution in [0.5, 0.6) is 0 Å². The number of nitriles is 1. The van der Waals surface area contributed by atoms with Crippen LogP contribution >= 0.6 is 11.6 Å². The lowest BCUT2D eigenvalue weighted by Gasteiger charge is -2.19. The molecule has 1 aromatic carbocycles. The SMILES string of the molecule is CN(c1cc(N)cc(Cl)n1)c1ccccc1C#N. The molecule has 0 saturated carbocycles. The first-order valence-corrected chi connectivity index (χ1v) is 5.65. The molecule has 18 heavy (non-hydrogen) atoms. The van der Waals surface area contributed by atoms with Gasteiger partial charge in [0, 0.05) is 18.8 Å². The van der Waals surface area contributed by atoms with E-state index in [1.54, 1.807) is 23.1 Å². The molecule has 2 aromatic rings. The third kappa shape index (κ3) is 2.36.